The summed E-state index contributed by atoms with van der Waals surface area (Å²) in [5, 5.41) is 9.10. The molecule has 0 aromatic carbocycles. The quantitative estimate of drug-likeness (QED) is 0.308. The number of urea groups is 1. The molecule has 0 unspecified atom stereocenters. The number of nitrogens with two attached hydrogens (primary N) is 2. The first kappa shape index (κ1) is 20.8. The fourth-order valence-electron chi connectivity index (χ4n) is 4.45. The number of carbonyl (C=O) groups is 1. The highest BCUT2D eigenvalue weighted by Crippen LogP contribution is 2.62. The smallest absolute Gasteiger partial charge is 0.418 e. The first-order valence-electron chi connectivity index (χ1n) is 9.29. The molecule has 13 nitrogen and oxygen atoms in total. The van der Waals surface area contributed by atoms with Crippen LogP contribution in [-0.2, 0) is 20.1 Å². The van der Waals surface area contributed by atoms with Crippen LogP contribution in [0.25, 0.3) is 0 Å². The third-order valence-electron chi connectivity index (χ3n) is 6.43. The molecule has 2 atom stereocenters. The van der Waals surface area contributed by atoms with Crippen molar-refractivity contribution >= 4 is 22.4 Å². The van der Waals surface area contributed by atoms with E-state index in [1.165, 1.54) is 4.90 Å². The summed E-state index contributed by atoms with van der Waals surface area (Å²) in [6.45, 7) is 0.613. The van der Waals surface area contributed by atoms with Crippen LogP contribution in [0.2, 0.25) is 0 Å². The molecule has 2 saturated heterocycles. The van der Waals surface area contributed by atoms with Crippen LogP contribution in [-0.4, -0.2) is 64.3 Å². The first-order valence-corrected chi connectivity index (χ1v) is 10.7. The molecule has 1 aromatic heterocycles. The number of fused-ring (bicyclic) bond motifs is 3. The van der Waals surface area contributed by atoms with Crippen molar-refractivity contribution in [2.45, 2.75) is 57.0 Å². The van der Waals surface area contributed by atoms with Crippen molar-refractivity contribution in [1.82, 2.24) is 20.2 Å². The topological polar surface area (TPSA) is 190 Å². The molecular weight excluding hydrogens is 418 g/mol. The molecule has 3 heterocycles. The van der Waals surface area contributed by atoms with E-state index >= 15 is 0 Å². The summed E-state index contributed by atoms with van der Waals surface area (Å²) in [6.07, 6.45) is 3.82. The van der Waals surface area contributed by atoms with Gasteiger partial charge in [0.1, 0.15) is 6.04 Å². The van der Waals surface area contributed by atoms with Gasteiger partial charge in [-0.1, -0.05) is 7.43 Å². The highest BCUT2D eigenvalue weighted by atomic mass is 32.3. The van der Waals surface area contributed by atoms with E-state index in [0.717, 1.165) is 30.7 Å². The maximum Gasteiger partial charge on any atom is 0.418 e. The lowest BCUT2D eigenvalue weighted by molar-refractivity contribution is -0.0530. The Bertz CT molecular complexity index is 995. The highest BCUT2D eigenvalue weighted by molar-refractivity contribution is 7.80. The fourth-order valence-corrected chi connectivity index (χ4v) is 4.82. The second kappa shape index (κ2) is 6.52. The predicted octanol–water partition coefficient (Wildman–Crippen LogP) is 0.0763. The summed E-state index contributed by atoms with van der Waals surface area (Å²) >= 11 is 0. The van der Waals surface area contributed by atoms with E-state index in [-0.39, 0.29) is 30.8 Å². The number of amides is 2. The van der Waals surface area contributed by atoms with Crippen LogP contribution in [0.15, 0.2) is 9.41 Å². The predicted molar refractivity (Wildman–Crippen MR) is 102 cm³/mol. The van der Waals surface area contributed by atoms with Crippen molar-refractivity contribution in [2.24, 2.45) is 21.9 Å². The zero-order valence-electron chi connectivity index (χ0n) is 15.4. The molecule has 5 rings (SSSR count). The molecule has 2 amide bonds. The van der Waals surface area contributed by atoms with Gasteiger partial charge >= 0.3 is 16.4 Å². The average molecular weight is 443 g/mol. The summed E-state index contributed by atoms with van der Waals surface area (Å²) < 4.78 is 41.9. The number of rotatable bonds is 6. The highest BCUT2D eigenvalue weighted by Gasteiger charge is 2.65. The number of nitrogens with zero attached hydrogens (tertiary/aromatic N) is 5. The van der Waals surface area contributed by atoms with Crippen LogP contribution < -0.4 is 11.5 Å². The zero-order chi connectivity index (χ0) is 20.6. The lowest BCUT2D eigenvalue weighted by atomic mass is 9.85. The Hall–Kier alpha value is -2.45. The second-order valence-electron chi connectivity index (χ2n) is 8.33. The molecular formula is C16H25N7O6S. The average Bonchev–Trinajstić information content (AvgIpc) is 3.53. The van der Waals surface area contributed by atoms with Crippen molar-refractivity contribution in [2.75, 3.05) is 13.1 Å². The molecule has 5 N–H and O–H groups in total. The van der Waals surface area contributed by atoms with Gasteiger partial charge in [-0.3, -0.25) is 9.55 Å². The van der Waals surface area contributed by atoms with Gasteiger partial charge in [-0.25, -0.2) is 4.79 Å². The molecule has 4 fully saturated rings. The minimum atomic E-state index is -4.81. The van der Waals surface area contributed by atoms with Crippen LogP contribution in [0.1, 0.15) is 57.4 Å². The molecule has 30 heavy (non-hydrogen) atoms. The van der Waals surface area contributed by atoms with Crippen LogP contribution >= 0.6 is 0 Å². The Morgan fingerprint density at radius 3 is 2.57 bits per heavy atom. The minimum Gasteiger partial charge on any atom is -0.422 e. The van der Waals surface area contributed by atoms with Gasteiger partial charge < -0.3 is 20.8 Å². The molecule has 2 saturated carbocycles. The van der Waals surface area contributed by atoms with Crippen molar-refractivity contribution in [3.8, 4) is 0 Å². The lowest BCUT2D eigenvalue weighted by Crippen LogP contribution is -2.43. The fraction of sp³-hybridized carbons (Fsp3) is 0.750. The number of piperidine rings is 1. The monoisotopic (exact) mass is 443 g/mol. The summed E-state index contributed by atoms with van der Waals surface area (Å²) in [5.74, 6) is 0.719. The number of aliphatic imine (C=N–C) groups is 1. The normalized spacial score (nSPS) is 27.7. The van der Waals surface area contributed by atoms with Gasteiger partial charge in [0.25, 0.3) is 0 Å². The summed E-state index contributed by atoms with van der Waals surface area (Å²) in [7, 11) is -4.81. The first-order chi connectivity index (χ1) is 13.6. The van der Waals surface area contributed by atoms with Gasteiger partial charge in [0.15, 0.2) is 5.96 Å². The summed E-state index contributed by atoms with van der Waals surface area (Å²) in [6, 6.07) is -1.59. The molecule has 2 aliphatic carbocycles. The van der Waals surface area contributed by atoms with Crippen LogP contribution in [0, 0.1) is 5.41 Å². The van der Waals surface area contributed by atoms with Crippen LogP contribution in [0.5, 0.6) is 0 Å². The Labute approximate surface area is 173 Å². The van der Waals surface area contributed by atoms with Crippen molar-refractivity contribution in [3.63, 3.8) is 0 Å². The van der Waals surface area contributed by atoms with Crippen molar-refractivity contribution in [3.05, 3.63) is 11.8 Å². The van der Waals surface area contributed by atoms with E-state index in [9.17, 15) is 13.2 Å². The Balaban J connectivity index is 0.00000218. The standard InChI is InChI=1S/C15H21N7O6S.CH4/c16-12(17)18-7-15(3-4-15)11-20-19-10(27-11)8-5-14(1-2-14)9-6-21(8)13(23)22(9)28-29(24,25)26;/h8-9H,1-7H2,(H4,16,17,18)(H,24,25,26);1H4/t8-,9-;/m0./s1. The van der Waals surface area contributed by atoms with Gasteiger partial charge in [0.05, 0.1) is 18.0 Å². The Morgan fingerprint density at radius 1 is 1.30 bits per heavy atom. The van der Waals surface area contributed by atoms with Gasteiger partial charge in [0, 0.05) is 6.54 Å². The third kappa shape index (κ3) is 3.28. The van der Waals surface area contributed by atoms with E-state index in [4.69, 9.17) is 20.4 Å². The number of hydrogen-bond donors (Lipinski definition) is 3. The molecule has 166 valence electrons. The molecule has 4 aliphatic rings. The van der Waals surface area contributed by atoms with Gasteiger partial charge in [-0.2, -0.15) is 13.5 Å². The van der Waals surface area contributed by atoms with Crippen molar-refractivity contribution < 1.29 is 26.5 Å². The molecule has 2 aliphatic heterocycles. The van der Waals surface area contributed by atoms with Gasteiger partial charge in [-0.15, -0.1) is 14.5 Å². The van der Waals surface area contributed by atoms with Crippen LogP contribution in [0.3, 0.4) is 0 Å². The second-order valence-corrected chi connectivity index (χ2v) is 9.33. The Morgan fingerprint density at radius 2 is 2.00 bits per heavy atom. The van der Waals surface area contributed by atoms with E-state index in [1.54, 1.807) is 0 Å². The lowest BCUT2D eigenvalue weighted by Gasteiger charge is -2.34. The summed E-state index contributed by atoms with van der Waals surface area (Å²) in [4.78, 5) is 18.3. The zero-order valence-corrected chi connectivity index (χ0v) is 16.2. The van der Waals surface area contributed by atoms with E-state index in [1.807, 2.05) is 0 Å². The molecule has 1 aromatic rings. The van der Waals surface area contributed by atoms with E-state index < -0.39 is 28.5 Å². The number of hydroxylamine groups is 2. The third-order valence-corrected chi connectivity index (χ3v) is 6.78. The maximum absolute atomic E-state index is 12.8. The number of guanidine groups is 1. The molecule has 1 spiro atoms. The molecule has 0 radical (unpaired) electrons. The number of aromatic nitrogens is 2. The molecule has 2 bridgehead atoms. The van der Waals surface area contributed by atoms with E-state index in [2.05, 4.69) is 19.5 Å². The van der Waals surface area contributed by atoms with Crippen molar-refractivity contribution in [1.29, 1.82) is 0 Å². The number of carbonyl (C=O) groups excluding carboxylic acids is 1. The SMILES string of the molecule is C.NC(N)=NCC1(c2nnc([C@@H]3CC4(CC4)[C@@H]4CN3C(=O)N4OS(=O)(=O)O)o2)CC1. The minimum absolute atomic E-state index is 0. The van der Waals surface area contributed by atoms with Crippen LogP contribution in [0.4, 0.5) is 4.79 Å². The van der Waals surface area contributed by atoms with E-state index in [0.29, 0.717) is 24.7 Å². The largest absolute Gasteiger partial charge is 0.422 e. The Kier molecular flexibility index (Phi) is 4.52. The summed E-state index contributed by atoms with van der Waals surface area (Å²) in [5.41, 5.74) is 10.2. The maximum atomic E-state index is 12.8. The number of hydrogen-bond acceptors (Lipinski definition) is 8. The van der Waals surface area contributed by atoms with Gasteiger partial charge in [-0.05, 0) is 37.5 Å². The molecule has 14 heteroatoms. The van der Waals surface area contributed by atoms with Gasteiger partial charge in [0.2, 0.25) is 11.8 Å².